The van der Waals surface area contributed by atoms with Crippen molar-refractivity contribution in [3.63, 3.8) is 0 Å². The monoisotopic (exact) mass is 310 g/mol. The second-order valence-corrected chi connectivity index (χ2v) is 7.16. The van der Waals surface area contributed by atoms with Gasteiger partial charge in [0.15, 0.2) is 0 Å². The molecule has 3 heteroatoms. The largest absolute Gasteiger partial charge is 0.356 e. The molecular weight excluding hydrogens is 284 g/mol. The van der Waals surface area contributed by atoms with Crippen LogP contribution in [0.3, 0.4) is 0 Å². The van der Waals surface area contributed by atoms with E-state index in [2.05, 4.69) is 41.1 Å². The van der Waals surface area contributed by atoms with Gasteiger partial charge in [-0.15, -0.1) is 0 Å². The van der Waals surface area contributed by atoms with E-state index in [0.29, 0.717) is 12.3 Å². The maximum absolute atomic E-state index is 12.4. The fourth-order valence-corrected chi connectivity index (χ4v) is 4.73. The van der Waals surface area contributed by atoms with E-state index >= 15 is 0 Å². The number of amides is 1. The number of carbonyl (C=O) groups is 1. The van der Waals surface area contributed by atoms with E-state index in [0.717, 1.165) is 25.8 Å². The molecule has 3 heterocycles. The number of rotatable bonds is 5. The number of hydrogen-bond donors (Lipinski definition) is 1. The molecule has 23 heavy (non-hydrogen) atoms. The van der Waals surface area contributed by atoms with Crippen LogP contribution in [0.2, 0.25) is 0 Å². The molecule has 1 aromatic heterocycles. The lowest BCUT2D eigenvalue weighted by Crippen LogP contribution is -2.48. The Labute approximate surface area is 138 Å². The van der Waals surface area contributed by atoms with Gasteiger partial charge in [0.25, 0.3) is 0 Å². The molecule has 0 spiro atoms. The maximum atomic E-state index is 12.4. The van der Waals surface area contributed by atoms with Crippen LogP contribution in [0.15, 0.2) is 24.3 Å². The molecule has 1 atom stereocenters. The molecule has 0 unspecified atom stereocenters. The number of carbonyl (C=O) groups excluding carboxylic acids is 1. The van der Waals surface area contributed by atoms with E-state index in [1.807, 2.05) is 0 Å². The highest BCUT2D eigenvalue weighted by molar-refractivity contribution is 5.87. The van der Waals surface area contributed by atoms with E-state index in [1.54, 1.807) is 0 Å². The predicted molar refractivity (Wildman–Crippen MR) is 93.4 cm³/mol. The predicted octanol–water partition coefficient (Wildman–Crippen LogP) is 4.51. The van der Waals surface area contributed by atoms with Crippen LogP contribution in [0.1, 0.15) is 63.1 Å². The summed E-state index contributed by atoms with van der Waals surface area (Å²) in [6, 6.07) is 8.60. The van der Waals surface area contributed by atoms with Crippen LogP contribution in [0.4, 0.5) is 0 Å². The van der Waals surface area contributed by atoms with Gasteiger partial charge in [-0.2, -0.15) is 0 Å². The molecule has 1 saturated heterocycles. The molecule has 2 aromatic rings. The minimum atomic E-state index is -0.0581. The minimum absolute atomic E-state index is 0.0581. The first kappa shape index (κ1) is 14.8. The van der Waals surface area contributed by atoms with Crippen molar-refractivity contribution < 1.29 is 4.79 Å². The first-order valence-corrected chi connectivity index (χ1v) is 9.17. The summed E-state index contributed by atoms with van der Waals surface area (Å²) in [5.74, 6) is 0.352. The smallest absolute Gasteiger partial charge is 0.223 e. The van der Waals surface area contributed by atoms with Crippen molar-refractivity contribution in [2.45, 2.75) is 63.8 Å². The van der Waals surface area contributed by atoms with Gasteiger partial charge in [0, 0.05) is 29.6 Å². The quantitative estimate of drug-likeness (QED) is 0.810. The van der Waals surface area contributed by atoms with E-state index in [1.165, 1.54) is 47.8 Å². The molecule has 1 amide bonds. The summed E-state index contributed by atoms with van der Waals surface area (Å²) in [5.41, 5.74) is 3.97. The highest BCUT2D eigenvalue weighted by Gasteiger charge is 2.50. The molecular formula is C20H26N2O. The number of nitrogens with zero attached hydrogens (tertiary/aromatic N) is 1. The minimum Gasteiger partial charge on any atom is -0.356 e. The van der Waals surface area contributed by atoms with Crippen LogP contribution in [0, 0.1) is 0 Å². The van der Waals surface area contributed by atoms with E-state index in [-0.39, 0.29) is 5.54 Å². The molecule has 0 bridgehead atoms. The first-order valence-electron chi connectivity index (χ1n) is 9.17. The summed E-state index contributed by atoms with van der Waals surface area (Å²) in [6.45, 7) is 3.14. The first-order chi connectivity index (χ1) is 11.3. The van der Waals surface area contributed by atoms with Crippen molar-refractivity contribution in [2.75, 3.05) is 6.54 Å². The third-order valence-electron chi connectivity index (χ3n) is 5.88. The molecule has 0 aliphatic carbocycles. The summed E-state index contributed by atoms with van der Waals surface area (Å²) in [5, 5.41) is 1.36. The Bertz CT molecular complexity index is 732. The number of fused-ring (bicyclic) bond motifs is 5. The van der Waals surface area contributed by atoms with Gasteiger partial charge in [-0.1, -0.05) is 50.8 Å². The normalized spacial score (nSPS) is 23.3. The molecule has 122 valence electrons. The van der Waals surface area contributed by atoms with Crippen molar-refractivity contribution in [3.8, 4) is 0 Å². The van der Waals surface area contributed by atoms with Crippen LogP contribution in [-0.2, 0) is 16.8 Å². The zero-order valence-electron chi connectivity index (χ0n) is 14.0. The lowest BCUT2D eigenvalue weighted by molar-refractivity contribution is -0.132. The molecule has 3 nitrogen and oxygen atoms in total. The second-order valence-electron chi connectivity index (χ2n) is 7.16. The second kappa shape index (κ2) is 5.70. The number of unbranched alkanes of at least 4 members (excludes halogenated alkanes) is 3. The third-order valence-corrected chi connectivity index (χ3v) is 5.88. The molecule has 0 saturated carbocycles. The highest BCUT2D eigenvalue weighted by Crippen LogP contribution is 2.48. The summed E-state index contributed by atoms with van der Waals surface area (Å²) in [7, 11) is 0. The van der Waals surface area contributed by atoms with Crippen LogP contribution in [0.25, 0.3) is 10.9 Å². The van der Waals surface area contributed by atoms with Crippen molar-refractivity contribution in [1.29, 1.82) is 0 Å². The van der Waals surface area contributed by atoms with Crippen LogP contribution >= 0.6 is 0 Å². The lowest BCUT2D eigenvalue weighted by atomic mass is 9.80. The van der Waals surface area contributed by atoms with E-state index in [4.69, 9.17) is 0 Å². The van der Waals surface area contributed by atoms with Gasteiger partial charge in [-0.25, -0.2) is 0 Å². The van der Waals surface area contributed by atoms with Gasteiger partial charge >= 0.3 is 0 Å². The van der Waals surface area contributed by atoms with Crippen molar-refractivity contribution in [2.24, 2.45) is 0 Å². The maximum Gasteiger partial charge on any atom is 0.223 e. The summed E-state index contributed by atoms with van der Waals surface area (Å²) in [4.78, 5) is 18.3. The van der Waals surface area contributed by atoms with Gasteiger partial charge in [0.05, 0.1) is 5.54 Å². The zero-order chi connectivity index (χ0) is 15.9. The third kappa shape index (κ3) is 2.20. The fraction of sp³-hybridized carbons (Fsp3) is 0.550. The van der Waals surface area contributed by atoms with Gasteiger partial charge in [0.2, 0.25) is 5.91 Å². The zero-order valence-corrected chi connectivity index (χ0v) is 14.0. The molecule has 4 rings (SSSR count). The van der Waals surface area contributed by atoms with Gasteiger partial charge < -0.3 is 9.88 Å². The van der Waals surface area contributed by atoms with E-state index < -0.39 is 0 Å². The van der Waals surface area contributed by atoms with Gasteiger partial charge in [-0.3, -0.25) is 4.79 Å². The van der Waals surface area contributed by atoms with Crippen molar-refractivity contribution in [3.05, 3.63) is 35.5 Å². The Balaban J connectivity index is 1.76. The Morgan fingerprint density at radius 3 is 2.91 bits per heavy atom. The SMILES string of the molecule is CCCCCC[C@]12CCC(=O)N1CCc1c2[nH]c2ccccc12. The van der Waals surface area contributed by atoms with Gasteiger partial charge in [-0.05, 0) is 30.9 Å². The number of hydrogen-bond acceptors (Lipinski definition) is 1. The Kier molecular flexibility index (Phi) is 3.67. The number of para-hydroxylation sites is 1. The van der Waals surface area contributed by atoms with Crippen molar-refractivity contribution >= 4 is 16.8 Å². The highest BCUT2D eigenvalue weighted by atomic mass is 16.2. The summed E-state index contributed by atoms with van der Waals surface area (Å²) >= 11 is 0. The molecule has 2 aliphatic rings. The van der Waals surface area contributed by atoms with Crippen LogP contribution in [-0.4, -0.2) is 22.3 Å². The summed E-state index contributed by atoms with van der Waals surface area (Å²) < 4.78 is 0. The number of aromatic amines is 1. The standard InChI is InChI=1S/C20H26N2O/c1-2-3-4-7-12-20-13-10-18(23)22(20)14-11-16-15-8-5-6-9-17(15)21-19(16)20/h5-6,8-9,21H,2-4,7,10-14H2,1H3/t20-/m1/s1. The van der Waals surface area contributed by atoms with Crippen molar-refractivity contribution in [1.82, 2.24) is 9.88 Å². The topological polar surface area (TPSA) is 36.1 Å². The number of nitrogens with one attached hydrogen (secondary N) is 1. The molecule has 0 radical (unpaired) electrons. The number of aromatic nitrogens is 1. The molecule has 2 aliphatic heterocycles. The molecule has 1 fully saturated rings. The Morgan fingerprint density at radius 2 is 2.04 bits per heavy atom. The van der Waals surface area contributed by atoms with Crippen LogP contribution in [0.5, 0.6) is 0 Å². The summed E-state index contributed by atoms with van der Waals surface area (Å²) in [6.07, 6.45) is 8.83. The average Bonchev–Trinajstić information content (AvgIpc) is 3.11. The number of H-pyrrole nitrogens is 1. The number of benzene rings is 1. The lowest BCUT2D eigenvalue weighted by Gasteiger charge is -2.42. The molecule has 1 aromatic carbocycles. The van der Waals surface area contributed by atoms with E-state index in [9.17, 15) is 4.79 Å². The molecule has 1 N–H and O–H groups in total. The Hall–Kier alpha value is -1.77. The van der Waals surface area contributed by atoms with Crippen LogP contribution < -0.4 is 0 Å². The average molecular weight is 310 g/mol. The van der Waals surface area contributed by atoms with Gasteiger partial charge in [0.1, 0.15) is 0 Å². The Morgan fingerprint density at radius 1 is 1.17 bits per heavy atom. The fourth-order valence-electron chi connectivity index (χ4n) is 4.73.